The van der Waals surface area contributed by atoms with E-state index in [0.717, 1.165) is 55.4 Å². The first kappa shape index (κ1) is 38.9. The van der Waals surface area contributed by atoms with Crippen LogP contribution < -0.4 is 9.30 Å². The standard InChI is InChI=1S/C76H62N4O/c1-48-20-16-21-49(2)71(48)52-42-66-60-26-12-13-28-63(60)72-58(50-22-10-9-11-23-50)29-18-31-64(72)65-32-19-30-59(51-34-36-53(37-35-51)75(3,4)5)73(65)79-47-78(69(43-52)74(66)79)55-24-17-25-56(45-55)81-57-38-39-62-61-27-14-15-33-67(61)80(68(62)46-57)70-44-54(40-41-77-70)76(6,7)8/h9-46H,1-8H3/i1D3,2D3,9D,10D,11D,22D,23D. The maximum absolute atomic E-state index is 9.42. The van der Waals surface area contributed by atoms with Crippen LogP contribution in [-0.4, -0.2) is 14.1 Å². The topological polar surface area (TPSA) is 35.9 Å². The highest BCUT2D eigenvalue weighted by Gasteiger charge is 2.29. The van der Waals surface area contributed by atoms with E-state index in [1.807, 2.05) is 125 Å². The number of hydrogen-bond acceptors (Lipinski definition) is 2. The van der Waals surface area contributed by atoms with Crippen molar-refractivity contribution in [3.63, 3.8) is 0 Å². The van der Waals surface area contributed by atoms with Gasteiger partial charge in [0.2, 0.25) is 0 Å². The number of nitrogens with zero attached hydrogens (tertiary/aromatic N) is 4. The van der Waals surface area contributed by atoms with Crippen LogP contribution in [0.25, 0.3) is 117 Å². The molecule has 392 valence electrons. The molecule has 0 atom stereocenters. The summed E-state index contributed by atoms with van der Waals surface area (Å²) < 4.78 is 112. The van der Waals surface area contributed by atoms with E-state index < -0.39 is 31.8 Å². The lowest BCUT2D eigenvalue weighted by atomic mass is 9.83. The fraction of sp³-hybridized carbons (Fsp3) is 0.132. The second-order valence-electron chi connectivity index (χ2n) is 23.0. The number of benzene rings is 10. The van der Waals surface area contributed by atoms with Crippen molar-refractivity contribution in [2.24, 2.45) is 0 Å². The highest BCUT2D eigenvalue weighted by molar-refractivity contribution is 6.10. The average molecular weight is 1060 g/mol. The molecule has 0 aliphatic carbocycles. The molecule has 10 aromatic carbocycles. The van der Waals surface area contributed by atoms with Crippen LogP contribution in [0.2, 0.25) is 0 Å². The lowest BCUT2D eigenvalue weighted by Crippen LogP contribution is -2.32. The fourth-order valence-corrected chi connectivity index (χ4v) is 11.9. The fourth-order valence-electron chi connectivity index (χ4n) is 11.9. The number of aryl methyl sites for hydroxylation is 2. The Bertz CT molecular complexity index is 5140. The summed E-state index contributed by atoms with van der Waals surface area (Å²) in [6.07, 6.45) is 5.70. The average Bonchev–Trinajstić information content (AvgIpc) is 1.50. The van der Waals surface area contributed by atoms with Gasteiger partial charge in [-0.2, -0.15) is 0 Å². The minimum Gasteiger partial charge on any atom is -0.458 e. The molecule has 81 heavy (non-hydrogen) atoms. The van der Waals surface area contributed by atoms with Crippen molar-refractivity contribution < 1.29 is 24.4 Å². The third-order valence-electron chi connectivity index (χ3n) is 15.8. The molecule has 13 aromatic rings. The molecule has 0 saturated heterocycles. The zero-order valence-electron chi connectivity index (χ0n) is 56.7. The third-order valence-corrected chi connectivity index (χ3v) is 15.8. The summed E-state index contributed by atoms with van der Waals surface area (Å²) >= 11 is 0. The Labute approximate surface area is 490 Å². The second-order valence-corrected chi connectivity index (χ2v) is 23.0. The van der Waals surface area contributed by atoms with Gasteiger partial charge in [0.1, 0.15) is 17.3 Å². The highest BCUT2D eigenvalue weighted by atomic mass is 16.5. The van der Waals surface area contributed by atoms with Crippen molar-refractivity contribution in [2.75, 3.05) is 0 Å². The molecule has 0 N–H and O–H groups in total. The van der Waals surface area contributed by atoms with Crippen LogP contribution in [0, 0.1) is 20.0 Å². The van der Waals surface area contributed by atoms with Gasteiger partial charge in [-0.05, 0) is 168 Å². The number of aromatic nitrogens is 4. The molecule has 5 nitrogen and oxygen atoms in total. The number of para-hydroxylation sites is 2. The van der Waals surface area contributed by atoms with Crippen molar-refractivity contribution in [2.45, 2.75) is 66.1 Å². The first-order valence-electron chi connectivity index (χ1n) is 32.8. The minimum absolute atomic E-state index is 0.0153. The smallest absolute Gasteiger partial charge is 0.269 e. The summed E-state index contributed by atoms with van der Waals surface area (Å²) in [6, 6.07) is 59.9. The van der Waals surface area contributed by atoms with Gasteiger partial charge >= 0.3 is 0 Å². The monoisotopic (exact) mass is 1060 g/mol. The Kier molecular flexibility index (Phi) is 9.16. The molecule has 1 aliphatic heterocycles. The molecule has 0 saturated carbocycles. The van der Waals surface area contributed by atoms with Gasteiger partial charge in [0.25, 0.3) is 6.33 Å². The maximum Gasteiger partial charge on any atom is 0.269 e. The molecule has 14 rings (SSSR count). The van der Waals surface area contributed by atoms with E-state index in [4.69, 9.17) is 22.1 Å². The second kappa shape index (κ2) is 19.1. The van der Waals surface area contributed by atoms with Gasteiger partial charge in [-0.25, -0.2) is 4.98 Å². The first-order chi connectivity index (χ1) is 43.8. The van der Waals surface area contributed by atoms with Gasteiger partial charge in [0.15, 0.2) is 0 Å². The number of rotatable bonds is 7. The molecule has 0 spiro atoms. The molecule has 0 unspecified atom stereocenters. The van der Waals surface area contributed by atoms with E-state index in [-0.39, 0.29) is 45.2 Å². The Morgan fingerprint density at radius 1 is 0.481 bits per heavy atom. The van der Waals surface area contributed by atoms with Crippen molar-refractivity contribution in [3.8, 4) is 95.5 Å². The number of fused-ring (bicyclic) bond motifs is 10. The molecule has 0 fully saturated rings. The molecule has 0 radical (unpaired) electrons. The number of imidazole rings is 1. The van der Waals surface area contributed by atoms with Crippen molar-refractivity contribution in [1.29, 1.82) is 0 Å². The van der Waals surface area contributed by atoms with Crippen LogP contribution in [0.1, 0.15) is 78.9 Å². The van der Waals surface area contributed by atoms with E-state index >= 15 is 0 Å². The normalized spacial score (nSPS) is 14.5. The van der Waals surface area contributed by atoms with Gasteiger partial charge in [0, 0.05) is 31.3 Å². The summed E-state index contributed by atoms with van der Waals surface area (Å²) in [6.45, 7) is 7.55. The highest BCUT2D eigenvalue weighted by Crippen LogP contribution is 2.50. The zero-order valence-corrected chi connectivity index (χ0v) is 45.7. The Morgan fingerprint density at radius 2 is 1.15 bits per heavy atom. The van der Waals surface area contributed by atoms with Crippen LogP contribution in [0.3, 0.4) is 0 Å². The van der Waals surface area contributed by atoms with E-state index in [2.05, 4.69) is 113 Å². The Hall–Kier alpha value is -9.58. The third kappa shape index (κ3) is 8.46. The number of ether oxygens (including phenoxy) is 1. The van der Waals surface area contributed by atoms with Crippen molar-refractivity contribution >= 4 is 32.8 Å². The van der Waals surface area contributed by atoms with Crippen LogP contribution in [0.15, 0.2) is 231 Å². The Morgan fingerprint density at radius 3 is 1.93 bits per heavy atom. The molecule has 0 bridgehead atoms. The summed E-state index contributed by atoms with van der Waals surface area (Å²) in [7, 11) is 0. The molecular weight excluding hydrogens is 985 g/mol. The quantitative estimate of drug-likeness (QED) is 0.118. The summed E-state index contributed by atoms with van der Waals surface area (Å²) in [5.41, 5.74) is 12.3. The first-order valence-corrected chi connectivity index (χ1v) is 27.3. The molecule has 0 amide bonds. The molecule has 3 aromatic heterocycles. The van der Waals surface area contributed by atoms with Gasteiger partial charge in [-0.1, -0.05) is 205 Å². The number of hydrogen-bond donors (Lipinski definition) is 0. The van der Waals surface area contributed by atoms with Crippen LogP contribution in [0.5, 0.6) is 11.5 Å². The van der Waals surface area contributed by atoms with Crippen molar-refractivity contribution in [3.05, 3.63) is 259 Å². The zero-order chi connectivity index (χ0) is 64.7. The SMILES string of the molecule is [2H]c1c([2H])c([2H])c(-c2cccc3c2-c2ccccc2-c2cc(-c4c(C([2H])([2H])[2H])cccc4C([2H])([2H])[2H])cc4c2[n+]([c-]n4-c2cccc(Oc4ccc5c6ccccc6n(-c6cc(C(C)(C)C)ccn6)c5c4)c2)-c2c(-c4ccc(C(C)(C)C)cc4)cccc2-3)c([2H])c1[2H]. The summed E-state index contributed by atoms with van der Waals surface area (Å²) in [4.78, 5) is 4.90. The molecular formula is C76H62N4O. The molecule has 4 heterocycles. The lowest BCUT2D eigenvalue weighted by molar-refractivity contribution is -0.570. The predicted molar refractivity (Wildman–Crippen MR) is 335 cm³/mol. The van der Waals surface area contributed by atoms with Crippen LogP contribution >= 0.6 is 0 Å². The summed E-state index contributed by atoms with van der Waals surface area (Å²) in [5.74, 6) is 1.85. The van der Waals surface area contributed by atoms with Gasteiger partial charge in [-0.15, -0.1) is 0 Å². The Balaban J connectivity index is 1.08. The minimum atomic E-state index is -2.76. The van der Waals surface area contributed by atoms with E-state index in [1.165, 1.54) is 18.2 Å². The van der Waals surface area contributed by atoms with Crippen LogP contribution in [0.4, 0.5) is 0 Å². The van der Waals surface area contributed by atoms with E-state index in [0.29, 0.717) is 72.9 Å². The number of pyridine rings is 1. The molecule has 1 aliphatic rings. The van der Waals surface area contributed by atoms with Gasteiger partial charge in [-0.3, -0.25) is 13.7 Å². The largest absolute Gasteiger partial charge is 0.458 e. The van der Waals surface area contributed by atoms with Crippen LogP contribution in [-0.2, 0) is 10.8 Å². The van der Waals surface area contributed by atoms with E-state index in [1.54, 1.807) is 6.07 Å². The predicted octanol–water partition coefficient (Wildman–Crippen LogP) is 19.5. The van der Waals surface area contributed by atoms with Crippen molar-refractivity contribution in [1.82, 2.24) is 14.1 Å². The van der Waals surface area contributed by atoms with Gasteiger partial charge < -0.3 is 4.74 Å². The van der Waals surface area contributed by atoms with Gasteiger partial charge in [0.05, 0.1) is 40.3 Å². The maximum atomic E-state index is 9.42. The van der Waals surface area contributed by atoms with E-state index in [9.17, 15) is 2.74 Å². The molecule has 5 heteroatoms. The summed E-state index contributed by atoms with van der Waals surface area (Å²) in [5, 5.41) is 2.10. The lowest BCUT2D eigenvalue weighted by Gasteiger charge is -2.22.